The third kappa shape index (κ3) is 5.24. The van der Waals surface area contributed by atoms with E-state index in [0.717, 1.165) is 6.42 Å². The molecule has 2 aromatic rings. The number of halogens is 1. The number of nitrogens with one attached hydrogen (secondary N) is 1. The van der Waals surface area contributed by atoms with Crippen molar-refractivity contribution >= 4 is 16.9 Å². The van der Waals surface area contributed by atoms with Gasteiger partial charge in [-0.05, 0) is 51.6 Å². The van der Waals surface area contributed by atoms with Gasteiger partial charge in [0.1, 0.15) is 24.9 Å². The Hall–Kier alpha value is -2.03. The van der Waals surface area contributed by atoms with Crippen LogP contribution in [-0.4, -0.2) is 76.7 Å². The van der Waals surface area contributed by atoms with Gasteiger partial charge in [-0.25, -0.2) is 9.37 Å². The second-order valence-corrected chi connectivity index (χ2v) is 7.53. The van der Waals surface area contributed by atoms with Crippen LogP contribution in [0.2, 0.25) is 0 Å². The SMILES string of the molecule is CN(C)C[C@]1(O)CCCN(C(=O)COCc2nc3ccc(F)cc3[nH]2)CC1. The molecule has 1 aromatic heterocycles. The number of nitrogens with zero attached hydrogens (tertiary/aromatic N) is 3. The van der Waals surface area contributed by atoms with Gasteiger partial charge in [-0.2, -0.15) is 0 Å². The molecule has 8 heteroatoms. The Morgan fingerprint density at radius 1 is 1.41 bits per heavy atom. The van der Waals surface area contributed by atoms with Crippen LogP contribution in [-0.2, 0) is 16.1 Å². The van der Waals surface area contributed by atoms with Crippen LogP contribution < -0.4 is 0 Å². The zero-order valence-electron chi connectivity index (χ0n) is 15.9. The molecule has 1 fully saturated rings. The lowest BCUT2D eigenvalue weighted by Crippen LogP contribution is -2.41. The van der Waals surface area contributed by atoms with E-state index < -0.39 is 5.60 Å². The average molecular weight is 378 g/mol. The quantitative estimate of drug-likeness (QED) is 0.797. The number of hydrogen-bond donors (Lipinski definition) is 2. The van der Waals surface area contributed by atoms with Crippen molar-refractivity contribution in [3.8, 4) is 0 Å². The van der Waals surface area contributed by atoms with Gasteiger partial charge in [-0.15, -0.1) is 0 Å². The number of aromatic amines is 1. The molecule has 148 valence electrons. The summed E-state index contributed by atoms with van der Waals surface area (Å²) in [5, 5.41) is 10.7. The van der Waals surface area contributed by atoms with Crippen LogP contribution in [0.25, 0.3) is 11.0 Å². The van der Waals surface area contributed by atoms with Crippen LogP contribution in [0.5, 0.6) is 0 Å². The summed E-state index contributed by atoms with van der Waals surface area (Å²) in [5.41, 5.74) is 0.518. The van der Waals surface area contributed by atoms with E-state index in [1.807, 2.05) is 19.0 Å². The number of likely N-dealkylation sites (N-methyl/N-ethyl adjacent to an activating group) is 1. The Balaban J connectivity index is 1.48. The number of likely N-dealkylation sites (tertiary alicyclic amines) is 1. The van der Waals surface area contributed by atoms with Crippen LogP contribution in [0.15, 0.2) is 18.2 Å². The molecule has 1 aliphatic rings. The predicted molar refractivity (Wildman–Crippen MR) is 99.6 cm³/mol. The largest absolute Gasteiger partial charge is 0.388 e. The van der Waals surface area contributed by atoms with Gasteiger partial charge in [0.2, 0.25) is 5.91 Å². The van der Waals surface area contributed by atoms with E-state index in [-0.39, 0.29) is 24.9 Å². The molecular weight excluding hydrogens is 351 g/mol. The number of carbonyl (C=O) groups is 1. The van der Waals surface area contributed by atoms with Gasteiger partial charge in [-0.1, -0.05) is 0 Å². The van der Waals surface area contributed by atoms with Gasteiger partial charge in [0.05, 0.1) is 16.6 Å². The highest BCUT2D eigenvalue weighted by Gasteiger charge is 2.31. The number of amides is 1. The number of hydrogen-bond acceptors (Lipinski definition) is 5. The van der Waals surface area contributed by atoms with Crippen molar-refractivity contribution in [3.05, 3.63) is 29.8 Å². The summed E-state index contributed by atoms with van der Waals surface area (Å²) in [6.07, 6.45) is 2.02. The summed E-state index contributed by atoms with van der Waals surface area (Å²) in [7, 11) is 3.87. The van der Waals surface area contributed by atoms with Crippen molar-refractivity contribution in [2.45, 2.75) is 31.5 Å². The Morgan fingerprint density at radius 3 is 3.00 bits per heavy atom. The molecule has 2 N–H and O–H groups in total. The molecule has 27 heavy (non-hydrogen) atoms. The molecule has 1 amide bonds. The van der Waals surface area contributed by atoms with Gasteiger partial charge >= 0.3 is 0 Å². The standard InChI is InChI=1S/C19H27FN4O3/c1-23(2)13-19(26)6-3-8-24(9-7-19)18(25)12-27-11-17-21-15-5-4-14(20)10-16(15)22-17/h4-5,10,26H,3,6-9,11-13H2,1-2H3,(H,21,22)/t19-/m0/s1. The fourth-order valence-corrected chi connectivity index (χ4v) is 3.60. The lowest BCUT2D eigenvalue weighted by molar-refractivity contribution is -0.136. The van der Waals surface area contributed by atoms with E-state index in [9.17, 15) is 14.3 Å². The Labute approximate surface area is 158 Å². The summed E-state index contributed by atoms with van der Waals surface area (Å²) in [6.45, 7) is 1.86. The molecule has 0 saturated carbocycles. The minimum atomic E-state index is -0.747. The Bertz CT molecular complexity index is 794. The number of ether oxygens (including phenoxy) is 1. The fourth-order valence-electron chi connectivity index (χ4n) is 3.60. The zero-order valence-corrected chi connectivity index (χ0v) is 15.9. The molecule has 3 rings (SSSR count). The second-order valence-electron chi connectivity index (χ2n) is 7.53. The zero-order chi connectivity index (χ0) is 19.4. The predicted octanol–water partition coefficient (Wildman–Crippen LogP) is 1.52. The van der Waals surface area contributed by atoms with Crippen LogP contribution in [0.1, 0.15) is 25.1 Å². The van der Waals surface area contributed by atoms with Gasteiger partial charge < -0.3 is 24.6 Å². The number of rotatable bonds is 6. The van der Waals surface area contributed by atoms with E-state index in [1.54, 1.807) is 11.0 Å². The number of aromatic nitrogens is 2. The van der Waals surface area contributed by atoms with Gasteiger partial charge in [0, 0.05) is 19.6 Å². The van der Waals surface area contributed by atoms with Crippen LogP contribution in [0, 0.1) is 5.82 Å². The molecule has 0 radical (unpaired) electrons. The van der Waals surface area contributed by atoms with Crippen LogP contribution in [0.3, 0.4) is 0 Å². The first-order valence-electron chi connectivity index (χ1n) is 9.21. The minimum absolute atomic E-state index is 0.0441. The summed E-state index contributed by atoms with van der Waals surface area (Å²) < 4.78 is 18.7. The van der Waals surface area contributed by atoms with Crippen molar-refractivity contribution in [1.82, 2.24) is 19.8 Å². The first kappa shape index (κ1) is 19.7. The van der Waals surface area contributed by atoms with Crippen LogP contribution >= 0.6 is 0 Å². The van der Waals surface area contributed by atoms with Crippen molar-refractivity contribution in [1.29, 1.82) is 0 Å². The number of carbonyl (C=O) groups excluding carboxylic acids is 1. The molecule has 0 spiro atoms. The molecule has 1 atom stereocenters. The summed E-state index contributed by atoms with van der Waals surface area (Å²) in [4.78, 5) is 23.4. The highest BCUT2D eigenvalue weighted by Crippen LogP contribution is 2.23. The molecule has 0 unspecified atom stereocenters. The molecule has 1 aromatic carbocycles. The lowest BCUT2D eigenvalue weighted by atomic mass is 9.94. The topological polar surface area (TPSA) is 81.7 Å². The van der Waals surface area contributed by atoms with Crippen molar-refractivity contribution in [2.24, 2.45) is 0 Å². The maximum atomic E-state index is 13.2. The number of H-pyrrole nitrogens is 1. The highest BCUT2D eigenvalue weighted by atomic mass is 19.1. The minimum Gasteiger partial charge on any atom is -0.388 e. The van der Waals surface area contributed by atoms with Gasteiger partial charge in [0.25, 0.3) is 0 Å². The molecule has 1 saturated heterocycles. The second kappa shape index (κ2) is 8.33. The van der Waals surface area contributed by atoms with Crippen molar-refractivity contribution < 1.29 is 19.0 Å². The average Bonchev–Trinajstić information content (AvgIpc) is 2.88. The number of aliphatic hydroxyl groups is 1. The fraction of sp³-hybridized carbons (Fsp3) is 0.579. The first-order chi connectivity index (χ1) is 12.8. The Kier molecular flexibility index (Phi) is 6.08. The first-order valence-corrected chi connectivity index (χ1v) is 9.21. The maximum Gasteiger partial charge on any atom is 0.248 e. The van der Waals surface area contributed by atoms with E-state index in [4.69, 9.17) is 4.74 Å². The van der Waals surface area contributed by atoms with Crippen LogP contribution in [0.4, 0.5) is 4.39 Å². The monoisotopic (exact) mass is 378 g/mol. The normalized spacial score (nSPS) is 21.0. The van der Waals surface area contributed by atoms with E-state index in [0.29, 0.717) is 49.3 Å². The maximum absolute atomic E-state index is 13.2. The molecule has 7 nitrogen and oxygen atoms in total. The van der Waals surface area contributed by atoms with E-state index in [1.165, 1.54) is 12.1 Å². The lowest BCUT2D eigenvalue weighted by Gasteiger charge is -2.29. The number of imidazole rings is 1. The Morgan fingerprint density at radius 2 is 2.22 bits per heavy atom. The molecule has 1 aliphatic heterocycles. The smallest absolute Gasteiger partial charge is 0.248 e. The highest BCUT2D eigenvalue weighted by molar-refractivity contribution is 5.77. The van der Waals surface area contributed by atoms with E-state index >= 15 is 0 Å². The van der Waals surface area contributed by atoms with Gasteiger partial charge in [-0.3, -0.25) is 4.79 Å². The van der Waals surface area contributed by atoms with Gasteiger partial charge in [0.15, 0.2) is 0 Å². The third-order valence-corrected chi connectivity index (χ3v) is 4.84. The molecule has 0 bridgehead atoms. The molecule has 2 heterocycles. The summed E-state index contributed by atoms with van der Waals surface area (Å²) in [5.74, 6) is 0.134. The summed E-state index contributed by atoms with van der Waals surface area (Å²) >= 11 is 0. The molecular formula is C19H27FN4O3. The summed E-state index contributed by atoms with van der Waals surface area (Å²) in [6, 6.07) is 4.33. The number of fused-ring (bicyclic) bond motifs is 1. The molecule has 0 aliphatic carbocycles. The van der Waals surface area contributed by atoms with E-state index in [2.05, 4.69) is 9.97 Å². The number of benzene rings is 1. The van der Waals surface area contributed by atoms with Crippen molar-refractivity contribution in [2.75, 3.05) is 40.3 Å². The third-order valence-electron chi connectivity index (χ3n) is 4.84. The van der Waals surface area contributed by atoms with Crippen molar-refractivity contribution in [3.63, 3.8) is 0 Å².